The van der Waals surface area contributed by atoms with Crippen LogP contribution in [0.5, 0.6) is 0 Å². The fourth-order valence-corrected chi connectivity index (χ4v) is 4.92. The summed E-state index contributed by atoms with van der Waals surface area (Å²) in [4.78, 5) is 16.4. The molecule has 6 heteroatoms. The van der Waals surface area contributed by atoms with Gasteiger partial charge in [0.1, 0.15) is 0 Å². The molecule has 1 saturated heterocycles. The standard InChI is InChI=1S/C23H32N2O4/c1-3-16(23-28-10-11-29-23)12-15-13-19(22(26)27-2)21-18(8-9-24-14-15)17-6-4-5-7-20(17)25-21/h4-7,15-16,19,23-25H,3,8-14H2,1-2H3. The monoisotopic (exact) mass is 400 g/mol. The molecule has 0 bridgehead atoms. The lowest BCUT2D eigenvalue weighted by Crippen LogP contribution is -2.31. The predicted molar refractivity (Wildman–Crippen MR) is 112 cm³/mol. The number of carbonyl (C=O) groups excluding carboxylic acids is 1. The van der Waals surface area contributed by atoms with Gasteiger partial charge in [-0.05, 0) is 56.3 Å². The van der Waals surface area contributed by atoms with Crippen molar-refractivity contribution in [3.8, 4) is 0 Å². The van der Waals surface area contributed by atoms with E-state index in [-0.39, 0.29) is 18.2 Å². The van der Waals surface area contributed by atoms with Gasteiger partial charge in [0.2, 0.25) is 0 Å². The maximum atomic E-state index is 12.8. The minimum Gasteiger partial charge on any atom is -0.469 e. The van der Waals surface area contributed by atoms with Crippen molar-refractivity contribution in [2.45, 2.75) is 44.8 Å². The average Bonchev–Trinajstić information content (AvgIpc) is 3.40. The highest BCUT2D eigenvalue weighted by Gasteiger charge is 2.34. The van der Waals surface area contributed by atoms with Crippen molar-refractivity contribution in [2.75, 3.05) is 33.4 Å². The van der Waals surface area contributed by atoms with Crippen molar-refractivity contribution < 1.29 is 19.0 Å². The molecule has 1 aromatic carbocycles. The Kier molecular flexibility index (Phi) is 6.53. The van der Waals surface area contributed by atoms with Gasteiger partial charge in [0, 0.05) is 22.5 Å². The molecule has 4 rings (SSSR count). The summed E-state index contributed by atoms with van der Waals surface area (Å²) < 4.78 is 16.8. The van der Waals surface area contributed by atoms with Gasteiger partial charge in [0.25, 0.3) is 0 Å². The molecule has 6 nitrogen and oxygen atoms in total. The molecule has 3 heterocycles. The molecule has 29 heavy (non-hydrogen) atoms. The van der Waals surface area contributed by atoms with E-state index in [1.165, 1.54) is 18.1 Å². The first-order chi connectivity index (χ1) is 14.2. The summed E-state index contributed by atoms with van der Waals surface area (Å²) in [5, 5.41) is 4.83. The maximum Gasteiger partial charge on any atom is 0.314 e. The van der Waals surface area contributed by atoms with Gasteiger partial charge in [-0.2, -0.15) is 0 Å². The quantitative estimate of drug-likeness (QED) is 0.753. The van der Waals surface area contributed by atoms with Gasteiger partial charge in [-0.3, -0.25) is 4.79 Å². The second-order valence-electron chi connectivity index (χ2n) is 8.21. The van der Waals surface area contributed by atoms with E-state index < -0.39 is 0 Å². The zero-order valence-corrected chi connectivity index (χ0v) is 17.4. The van der Waals surface area contributed by atoms with Gasteiger partial charge in [-0.1, -0.05) is 25.1 Å². The molecule has 2 N–H and O–H groups in total. The highest BCUT2D eigenvalue weighted by atomic mass is 16.7. The van der Waals surface area contributed by atoms with Gasteiger partial charge in [-0.15, -0.1) is 0 Å². The van der Waals surface area contributed by atoms with E-state index in [0.717, 1.165) is 50.0 Å². The highest BCUT2D eigenvalue weighted by Crippen LogP contribution is 2.36. The van der Waals surface area contributed by atoms with Gasteiger partial charge >= 0.3 is 5.97 Å². The van der Waals surface area contributed by atoms with Crippen LogP contribution in [-0.2, 0) is 25.4 Å². The number of ether oxygens (including phenoxy) is 3. The van der Waals surface area contributed by atoms with Crippen LogP contribution in [0.3, 0.4) is 0 Å². The molecular formula is C23H32N2O4. The Hall–Kier alpha value is -1.89. The average molecular weight is 401 g/mol. The number of hydrogen-bond acceptors (Lipinski definition) is 5. The third-order valence-corrected chi connectivity index (χ3v) is 6.43. The zero-order chi connectivity index (χ0) is 20.2. The van der Waals surface area contributed by atoms with Crippen LogP contribution >= 0.6 is 0 Å². The number of methoxy groups -OCH3 is 1. The lowest BCUT2D eigenvalue weighted by atomic mass is 9.83. The largest absolute Gasteiger partial charge is 0.469 e. The third-order valence-electron chi connectivity index (χ3n) is 6.43. The summed E-state index contributed by atoms with van der Waals surface area (Å²) in [7, 11) is 1.49. The van der Waals surface area contributed by atoms with Gasteiger partial charge in [0.05, 0.1) is 26.2 Å². The number of benzene rings is 1. The Bertz CT molecular complexity index is 827. The second kappa shape index (κ2) is 9.28. The molecule has 0 radical (unpaired) electrons. The van der Waals surface area contributed by atoms with Crippen LogP contribution in [0.2, 0.25) is 0 Å². The molecule has 3 unspecified atom stereocenters. The molecule has 0 saturated carbocycles. The zero-order valence-electron chi connectivity index (χ0n) is 17.4. The number of para-hydroxylation sites is 1. The van der Waals surface area contributed by atoms with Crippen molar-refractivity contribution in [1.29, 1.82) is 0 Å². The number of carbonyl (C=O) groups is 1. The number of aromatic nitrogens is 1. The minimum atomic E-state index is -0.282. The van der Waals surface area contributed by atoms with E-state index >= 15 is 0 Å². The molecule has 2 aliphatic rings. The minimum absolute atomic E-state index is 0.118. The van der Waals surface area contributed by atoms with Crippen molar-refractivity contribution >= 4 is 16.9 Å². The Morgan fingerprint density at radius 1 is 1.28 bits per heavy atom. The van der Waals surface area contributed by atoms with Crippen molar-refractivity contribution in [3.63, 3.8) is 0 Å². The van der Waals surface area contributed by atoms with Crippen LogP contribution in [0.15, 0.2) is 24.3 Å². The number of aromatic amines is 1. The normalized spacial score (nSPS) is 24.5. The summed E-state index contributed by atoms with van der Waals surface area (Å²) >= 11 is 0. The molecule has 0 aliphatic carbocycles. The molecule has 158 valence electrons. The topological polar surface area (TPSA) is 72.6 Å². The Labute approximate surface area is 172 Å². The molecule has 3 atom stereocenters. The summed E-state index contributed by atoms with van der Waals surface area (Å²) in [6, 6.07) is 8.30. The summed E-state index contributed by atoms with van der Waals surface area (Å²) in [6.07, 6.45) is 3.50. The lowest BCUT2D eigenvalue weighted by molar-refractivity contribution is -0.143. The van der Waals surface area contributed by atoms with E-state index in [9.17, 15) is 4.79 Å². The first-order valence-corrected chi connectivity index (χ1v) is 10.8. The molecule has 1 fully saturated rings. The molecule has 2 aliphatic heterocycles. The van der Waals surface area contributed by atoms with Crippen LogP contribution in [0.25, 0.3) is 10.9 Å². The summed E-state index contributed by atoms with van der Waals surface area (Å²) in [6.45, 7) is 5.32. The Morgan fingerprint density at radius 3 is 2.83 bits per heavy atom. The lowest BCUT2D eigenvalue weighted by Gasteiger charge is -2.28. The number of H-pyrrole nitrogens is 1. The number of rotatable bonds is 5. The van der Waals surface area contributed by atoms with Crippen LogP contribution in [-0.4, -0.2) is 50.7 Å². The van der Waals surface area contributed by atoms with Gasteiger partial charge in [-0.25, -0.2) is 0 Å². The predicted octanol–water partition coefficient (Wildman–Crippen LogP) is 3.37. The molecule has 1 aromatic heterocycles. The number of hydrogen-bond donors (Lipinski definition) is 2. The van der Waals surface area contributed by atoms with Crippen LogP contribution < -0.4 is 5.32 Å². The molecular weight excluding hydrogens is 368 g/mol. The fraction of sp³-hybridized carbons (Fsp3) is 0.609. The highest BCUT2D eigenvalue weighted by molar-refractivity contribution is 5.88. The van der Waals surface area contributed by atoms with E-state index in [2.05, 4.69) is 35.4 Å². The maximum absolute atomic E-state index is 12.8. The molecule has 0 amide bonds. The molecule has 2 aromatic rings. The smallest absolute Gasteiger partial charge is 0.314 e. The summed E-state index contributed by atoms with van der Waals surface area (Å²) in [5.41, 5.74) is 3.34. The van der Waals surface area contributed by atoms with Crippen molar-refractivity contribution in [2.24, 2.45) is 11.8 Å². The van der Waals surface area contributed by atoms with Gasteiger partial charge < -0.3 is 24.5 Å². The fourth-order valence-electron chi connectivity index (χ4n) is 4.92. The number of fused-ring (bicyclic) bond motifs is 3. The van der Waals surface area contributed by atoms with E-state index in [0.29, 0.717) is 25.0 Å². The second-order valence-corrected chi connectivity index (χ2v) is 8.21. The molecule has 0 spiro atoms. The Morgan fingerprint density at radius 2 is 2.07 bits per heavy atom. The van der Waals surface area contributed by atoms with E-state index in [4.69, 9.17) is 14.2 Å². The van der Waals surface area contributed by atoms with E-state index in [1.807, 2.05) is 6.07 Å². The SMILES string of the molecule is CCC(CC1CNCCc2c([nH]c3ccccc23)C(C(=O)OC)C1)C1OCCO1. The first-order valence-electron chi connectivity index (χ1n) is 10.8. The Balaban J connectivity index is 1.63. The number of esters is 1. The third kappa shape index (κ3) is 4.34. The first kappa shape index (κ1) is 20.4. The van der Waals surface area contributed by atoms with Crippen molar-refractivity contribution in [3.05, 3.63) is 35.5 Å². The van der Waals surface area contributed by atoms with Crippen LogP contribution in [0.4, 0.5) is 0 Å². The van der Waals surface area contributed by atoms with Crippen LogP contribution in [0.1, 0.15) is 43.4 Å². The van der Waals surface area contributed by atoms with E-state index in [1.54, 1.807) is 0 Å². The number of nitrogens with one attached hydrogen (secondary N) is 2. The van der Waals surface area contributed by atoms with Gasteiger partial charge in [0.15, 0.2) is 6.29 Å². The van der Waals surface area contributed by atoms with Crippen LogP contribution in [0, 0.1) is 11.8 Å². The van der Waals surface area contributed by atoms with Crippen molar-refractivity contribution in [1.82, 2.24) is 10.3 Å². The summed E-state index contributed by atoms with van der Waals surface area (Å²) in [5.74, 6) is 0.237.